The Balaban J connectivity index is 5.33. The molecule has 3 unspecified atom stereocenters. The number of nitrogens with one attached hydrogen (secondary N) is 1. The smallest absolute Gasteiger partial charge is 0.306 e. The Morgan fingerprint density at radius 2 is 0.871 bits per heavy atom. The maximum atomic E-state index is 13.5. The molecular formula is C60H111N2O7P. The lowest BCUT2D eigenvalue weighted by Crippen LogP contribution is -2.47. The lowest BCUT2D eigenvalue weighted by molar-refractivity contribution is -0.870. The van der Waals surface area contributed by atoms with E-state index in [2.05, 4.69) is 74.7 Å². The summed E-state index contributed by atoms with van der Waals surface area (Å²) in [6, 6.07) is -0.901. The number of hydrogen-bond donors (Lipinski definition) is 1. The van der Waals surface area contributed by atoms with Gasteiger partial charge >= 0.3 is 5.97 Å². The van der Waals surface area contributed by atoms with Gasteiger partial charge in [0.1, 0.15) is 19.3 Å². The summed E-state index contributed by atoms with van der Waals surface area (Å²) in [6.07, 6.45) is 61.8. The van der Waals surface area contributed by atoms with Crippen LogP contribution in [0.25, 0.3) is 0 Å². The Labute approximate surface area is 432 Å². The van der Waals surface area contributed by atoms with Crippen molar-refractivity contribution in [1.29, 1.82) is 0 Å². The van der Waals surface area contributed by atoms with Gasteiger partial charge in [0.15, 0.2) is 0 Å². The predicted octanol–water partition coefficient (Wildman–Crippen LogP) is 16.9. The third-order valence-corrected chi connectivity index (χ3v) is 13.6. The van der Waals surface area contributed by atoms with Crippen molar-refractivity contribution in [3.63, 3.8) is 0 Å². The first-order valence-electron chi connectivity index (χ1n) is 29.1. The molecule has 0 aliphatic rings. The van der Waals surface area contributed by atoms with E-state index in [0.717, 1.165) is 103 Å². The number of hydrogen-bond acceptors (Lipinski definition) is 7. The topological polar surface area (TPSA) is 114 Å². The number of amides is 1. The minimum Gasteiger partial charge on any atom is -0.756 e. The first kappa shape index (κ1) is 67.7. The summed E-state index contributed by atoms with van der Waals surface area (Å²) in [7, 11) is 1.16. The van der Waals surface area contributed by atoms with E-state index in [4.69, 9.17) is 13.8 Å². The molecule has 0 bridgehead atoms. The van der Waals surface area contributed by atoms with E-state index in [1.807, 2.05) is 33.3 Å². The zero-order chi connectivity index (χ0) is 51.5. The molecule has 0 aliphatic carbocycles. The number of likely N-dealkylation sites (N-methyl/N-ethyl adjacent to an activating group) is 1. The zero-order valence-electron chi connectivity index (χ0n) is 46.5. The van der Waals surface area contributed by atoms with Gasteiger partial charge in [0.2, 0.25) is 5.91 Å². The number of carbonyl (C=O) groups is 2. The summed E-state index contributed by atoms with van der Waals surface area (Å²) in [5.41, 5.74) is 0. The standard InChI is InChI=1S/C60H111N2O7P/c1-7-10-13-16-19-22-25-27-29-30-31-32-33-34-37-40-43-46-49-52-59(63)61-57(56-68-70(65,66)67-55-54-62(4,5)6)58(51-48-45-42-39-36-24-21-18-15-12-9-3)69-60(64)53-50-47-44-41-38-35-28-26-23-20-17-14-11-8-2/h19,22,27,29,31-32,35,38,48,51,57-58H,7-18,20-21,23-26,28,30,33-34,36-37,39-47,49-50,52-56H2,1-6H3,(H-,61,63,65,66)/b22-19-,29-27-,32-31-,38-35-,51-48-. The zero-order valence-corrected chi connectivity index (χ0v) is 47.4. The minimum atomic E-state index is -4.70. The van der Waals surface area contributed by atoms with Gasteiger partial charge in [-0.3, -0.25) is 14.2 Å². The summed E-state index contributed by atoms with van der Waals surface area (Å²) in [5, 5.41) is 3.01. The molecule has 0 spiro atoms. The van der Waals surface area contributed by atoms with E-state index in [0.29, 0.717) is 23.9 Å². The van der Waals surface area contributed by atoms with Gasteiger partial charge in [-0.05, 0) is 96.0 Å². The number of phosphoric ester groups is 1. The van der Waals surface area contributed by atoms with E-state index in [-0.39, 0.29) is 24.9 Å². The molecule has 1 amide bonds. The van der Waals surface area contributed by atoms with E-state index < -0.39 is 26.6 Å². The highest BCUT2D eigenvalue weighted by atomic mass is 31.2. The van der Waals surface area contributed by atoms with Crippen LogP contribution < -0.4 is 10.2 Å². The van der Waals surface area contributed by atoms with Gasteiger partial charge in [0.05, 0.1) is 33.8 Å². The SMILES string of the molecule is CCCCC/C=C\C/C=C\C/C=C\CCCCCCCCC(=O)NC(COP(=O)([O-])OCC[N+](C)(C)C)C(/C=C\CCCCCCCCCCC)OC(=O)CCCCC/C=C\CCCCCCCCC. The van der Waals surface area contributed by atoms with Gasteiger partial charge in [-0.25, -0.2) is 0 Å². The Morgan fingerprint density at radius 1 is 0.500 bits per heavy atom. The molecule has 0 aromatic heterocycles. The van der Waals surface area contributed by atoms with Crippen LogP contribution in [0.1, 0.15) is 258 Å². The number of esters is 1. The van der Waals surface area contributed by atoms with Crippen molar-refractivity contribution < 1.29 is 37.3 Å². The summed E-state index contributed by atoms with van der Waals surface area (Å²) in [5.74, 6) is -0.573. The second-order valence-corrected chi connectivity index (χ2v) is 22.2. The second-order valence-electron chi connectivity index (χ2n) is 20.8. The van der Waals surface area contributed by atoms with E-state index in [1.165, 1.54) is 116 Å². The highest BCUT2D eigenvalue weighted by molar-refractivity contribution is 7.45. The van der Waals surface area contributed by atoms with Crippen molar-refractivity contribution >= 4 is 19.7 Å². The predicted molar refractivity (Wildman–Crippen MR) is 298 cm³/mol. The van der Waals surface area contributed by atoms with E-state index in [1.54, 1.807) is 0 Å². The van der Waals surface area contributed by atoms with Gasteiger partial charge in [-0.15, -0.1) is 0 Å². The number of allylic oxidation sites excluding steroid dienone is 9. The third-order valence-electron chi connectivity index (χ3n) is 12.7. The van der Waals surface area contributed by atoms with Crippen LogP contribution in [0.3, 0.4) is 0 Å². The summed E-state index contributed by atoms with van der Waals surface area (Å²) >= 11 is 0. The van der Waals surface area contributed by atoms with Gasteiger partial charge in [0, 0.05) is 12.8 Å². The van der Waals surface area contributed by atoms with Gasteiger partial charge in [-0.2, -0.15) is 0 Å². The highest BCUT2D eigenvalue weighted by Crippen LogP contribution is 2.38. The van der Waals surface area contributed by atoms with Crippen molar-refractivity contribution in [1.82, 2.24) is 5.32 Å². The normalized spacial score (nSPS) is 14.2. The molecule has 70 heavy (non-hydrogen) atoms. The molecule has 0 saturated heterocycles. The molecule has 1 N–H and O–H groups in total. The van der Waals surface area contributed by atoms with Crippen LogP contribution in [0, 0.1) is 0 Å². The summed E-state index contributed by atoms with van der Waals surface area (Å²) in [6.45, 7) is 6.78. The fourth-order valence-corrected chi connectivity index (χ4v) is 8.83. The number of nitrogens with zero attached hydrogens (tertiary/aromatic N) is 1. The van der Waals surface area contributed by atoms with Crippen LogP contribution in [0.15, 0.2) is 60.8 Å². The largest absolute Gasteiger partial charge is 0.756 e. The lowest BCUT2D eigenvalue weighted by Gasteiger charge is -2.30. The Kier molecular flexibility index (Phi) is 48.6. The Morgan fingerprint density at radius 3 is 1.36 bits per heavy atom. The first-order valence-corrected chi connectivity index (χ1v) is 30.6. The third kappa shape index (κ3) is 50.6. The van der Waals surface area contributed by atoms with Crippen molar-refractivity contribution in [3.8, 4) is 0 Å². The van der Waals surface area contributed by atoms with Crippen LogP contribution in [0.5, 0.6) is 0 Å². The number of rotatable bonds is 52. The fourth-order valence-electron chi connectivity index (χ4n) is 8.11. The number of quaternary nitrogens is 1. The molecule has 0 aromatic carbocycles. The molecule has 0 aliphatic heterocycles. The van der Waals surface area contributed by atoms with Crippen molar-refractivity contribution in [2.75, 3.05) is 40.9 Å². The van der Waals surface area contributed by atoms with Crippen molar-refractivity contribution in [2.45, 2.75) is 270 Å². The van der Waals surface area contributed by atoms with Crippen LogP contribution in [-0.4, -0.2) is 69.4 Å². The number of unbranched alkanes of at least 4 members (excludes halogenated alkanes) is 28. The molecular weight excluding hydrogens is 892 g/mol. The van der Waals surface area contributed by atoms with Crippen molar-refractivity contribution in [2.24, 2.45) is 0 Å². The molecule has 408 valence electrons. The van der Waals surface area contributed by atoms with Crippen LogP contribution >= 0.6 is 7.82 Å². The fraction of sp³-hybridized carbons (Fsp3) is 0.800. The Hall–Kier alpha value is -2.29. The van der Waals surface area contributed by atoms with Gasteiger partial charge in [0.25, 0.3) is 7.82 Å². The lowest BCUT2D eigenvalue weighted by atomic mass is 10.1. The summed E-state index contributed by atoms with van der Waals surface area (Å²) in [4.78, 5) is 39.8. The van der Waals surface area contributed by atoms with E-state index in [9.17, 15) is 19.0 Å². The number of ether oxygens (including phenoxy) is 1. The monoisotopic (exact) mass is 1000 g/mol. The van der Waals surface area contributed by atoms with Crippen LogP contribution in [0.4, 0.5) is 0 Å². The average Bonchev–Trinajstić information content (AvgIpc) is 3.32. The molecule has 0 rings (SSSR count). The average molecular weight is 1000 g/mol. The van der Waals surface area contributed by atoms with Gasteiger partial charge in [-0.1, -0.05) is 210 Å². The molecule has 3 atom stereocenters. The molecule has 10 heteroatoms. The van der Waals surface area contributed by atoms with Gasteiger partial charge < -0.3 is 28.5 Å². The van der Waals surface area contributed by atoms with E-state index >= 15 is 0 Å². The molecule has 0 saturated carbocycles. The summed E-state index contributed by atoms with van der Waals surface area (Å²) < 4.78 is 30.2. The van der Waals surface area contributed by atoms with Crippen molar-refractivity contribution in [3.05, 3.63) is 60.8 Å². The molecule has 0 aromatic rings. The minimum absolute atomic E-state index is 0.0286. The molecule has 0 heterocycles. The highest BCUT2D eigenvalue weighted by Gasteiger charge is 2.27. The maximum absolute atomic E-state index is 13.5. The quantitative estimate of drug-likeness (QED) is 0.0212. The maximum Gasteiger partial charge on any atom is 0.306 e. The first-order chi connectivity index (χ1) is 33.9. The Bertz CT molecular complexity index is 1390. The number of carbonyl (C=O) groups excluding carboxylic acids is 2. The van der Waals surface area contributed by atoms with Crippen LogP contribution in [0.2, 0.25) is 0 Å². The molecule has 0 fully saturated rings. The molecule has 0 radical (unpaired) electrons. The van der Waals surface area contributed by atoms with Crippen LogP contribution in [-0.2, 0) is 27.9 Å². The second kappa shape index (κ2) is 50.3. The molecule has 9 nitrogen and oxygen atoms in total. The number of phosphoric acid groups is 1.